The third-order valence-electron chi connectivity index (χ3n) is 15.6. The summed E-state index contributed by atoms with van der Waals surface area (Å²) < 4.78 is 105. The van der Waals surface area contributed by atoms with Crippen molar-refractivity contribution in [2.45, 2.75) is 64.2 Å². The van der Waals surface area contributed by atoms with Crippen LogP contribution in [0.5, 0.6) is 0 Å². The van der Waals surface area contributed by atoms with Gasteiger partial charge in [0.2, 0.25) is 20.0 Å². The minimum Gasteiger partial charge on any atom is -0.455 e. The van der Waals surface area contributed by atoms with Crippen LogP contribution in [0.4, 0.5) is 32.2 Å². The Morgan fingerprint density at radius 3 is 1.28 bits per heavy atom. The van der Waals surface area contributed by atoms with E-state index in [1.54, 1.807) is 50.2 Å². The van der Waals surface area contributed by atoms with Gasteiger partial charge < -0.3 is 27.5 Å². The third-order valence-corrected chi connectivity index (χ3v) is 18.0. The van der Waals surface area contributed by atoms with Crippen LogP contribution in [0.3, 0.4) is 0 Å². The number of Topliss-reactive ketones (excluding diaryl/α,β-unsaturated/α-hetero) is 2. The van der Waals surface area contributed by atoms with Crippen LogP contribution in [0.15, 0.2) is 139 Å². The summed E-state index contributed by atoms with van der Waals surface area (Å²) in [5, 5.41) is 1.21. The smallest absolute Gasteiger partial charge is 0.298 e. The van der Waals surface area contributed by atoms with Gasteiger partial charge in [0.05, 0.1) is 35.0 Å². The van der Waals surface area contributed by atoms with Crippen LogP contribution in [-0.2, 0) is 20.0 Å². The molecule has 0 bridgehead atoms. The van der Waals surface area contributed by atoms with Crippen molar-refractivity contribution >= 4 is 99.2 Å². The normalized spacial score (nSPS) is 16.0. The Morgan fingerprint density at radius 1 is 0.549 bits per heavy atom. The first kappa shape index (κ1) is 55.5. The summed E-state index contributed by atoms with van der Waals surface area (Å²) >= 11 is 0. The predicted molar refractivity (Wildman–Crippen MR) is 315 cm³/mol. The number of sulfonamides is 2. The summed E-state index contributed by atoms with van der Waals surface area (Å²) in [5.74, 6) is -0.485. The van der Waals surface area contributed by atoms with Gasteiger partial charge in [0.25, 0.3) is 12.0 Å². The van der Waals surface area contributed by atoms with Crippen molar-refractivity contribution in [3.05, 3.63) is 155 Å². The van der Waals surface area contributed by atoms with Crippen molar-refractivity contribution in [1.29, 1.82) is 0 Å². The third kappa shape index (κ3) is 10.8. The van der Waals surface area contributed by atoms with Crippen molar-refractivity contribution in [3.8, 4) is 22.6 Å². The van der Waals surface area contributed by atoms with E-state index in [2.05, 4.69) is 19.8 Å². The molecule has 2 aliphatic rings. The molecule has 0 unspecified atom stereocenters. The zero-order chi connectivity index (χ0) is 57.8. The zero-order valence-electron chi connectivity index (χ0n) is 46.1. The van der Waals surface area contributed by atoms with Gasteiger partial charge in [-0.2, -0.15) is 9.97 Å². The van der Waals surface area contributed by atoms with Gasteiger partial charge in [0, 0.05) is 99.0 Å². The number of anilines is 4. The molecule has 2 saturated heterocycles. The minimum atomic E-state index is -3.61. The highest BCUT2D eigenvalue weighted by molar-refractivity contribution is 7.92. The number of carbonyl (C=O) groups is 2. The molecule has 424 valence electrons. The average Bonchev–Trinajstić information content (AvgIpc) is 4.45. The molecule has 0 N–H and O–H groups in total. The molecule has 2 atom stereocenters. The van der Waals surface area contributed by atoms with Crippen LogP contribution < -0.4 is 18.4 Å². The molecule has 0 aliphatic carbocycles. The zero-order valence-corrected chi connectivity index (χ0v) is 47.7. The van der Waals surface area contributed by atoms with Crippen molar-refractivity contribution in [1.82, 2.24) is 9.97 Å². The topological polar surface area (TPSA) is 194 Å². The number of oxazole rings is 2. The van der Waals surface area contributed by atoms with Crippen LogP contribution in [0.1, 0.15) is 96.1 Å². The van der Waals surface area contributed by atoms with Crippen LogP contribution in [0.2, 0.25) is 0 Å². The second kappa shape index (κ2) is 22.2. The number of halogens is 2. The van der Waals surface area contributed by atoms with Gasteiger partial charge in [-0.3, -0.25) is 18.2 Å². The fourth-order valence-electron chi connectivity index (χ4n) is 11.2. The fourth-order valence-corrected chi connectivity index (χ4v) is 12.2. The minimum absolute atomic E-state index is 0.0730. The largest absolute Gasteiger partial charge is 0.455 e. The summed E-state index contributed by atoms with van der Waals surface area (Å²) in [4.78, 5) is 40.0. The number of fused-ring (bicyclic) bond motifs is 4. The number of carbonyl (C=O) groups excluding carboxylic acids is 2. The lowest BCUT2D eigenvalue weighted by atomic mass is 9.88. The number of nitrogens with zero attached hydrogens (tertiary/aromatic N) is 6. The Morgan fingerprint density at radius 2 is 0.927 bits per heavy atom. The Balaban J connectivity index is 0.000000172. The highest BCUT2D eigenvalue weighted by Gasteiger charge is 2.34. The van der Waals surface area contributed by atoms with E-state index in [9.17, 15) is 35.2 Å². The molecule has 82 heavy (non-hydrogen) atoms. The monoisotopic (exact) mass is 1150 g/mol. The Hall–Kier alpha value is -8.36. The molecule has 0 spiro atoms. The molecule has 6 aromatic carbocycles. The molecule has 0 amide bonds. The number of hydrogen-bond donors (Lipinski definition) is 0. The van der Waals surface area contributed by atoms with Gasteiger partial charge in [0.15, 0.2) is 22.7 Å². The maximum absolute atomic E-state index is 13.7. The van der Waals surface area contributed by atoms with Gasteiger partial charge in [-0.05, 0) is 122 Å². The standard InChI is InChI=1S/2C31H30FN3O5S/c2*1-4-26(36)29-23-16-22(20-8-7-15-35(18-20)31-33-24-9-5-6-10-27(24)40-31)25(34(2)41(3,37)38)17-28(23)39-30(29)19-11-13-21(32)14-12-19/h2*5-6,9-14,16-17,20H,4,7-8,15,18H2,1-3H3/t2*20-/m10/s1. The molecule has 2 fully saturated rings. The molecule has 16 nitrogen and oxygen atoms in total. The number of aromatic nitrogens is 2. The van der Waals surface area contributed by atoms with E-state index in [1.807, 2.05) is 60.7 Å². The predicted octanol–water partition coefficient (Wildman–Crippen LogP) is 13.5. The fraction of sp³-hybridized carbons (Fsp3) is 0.290. The number of rotatable bonds is 14. The maximum atomic E-state index is 13.7. The number of hydrogen-bond acceptors (Lipinski definition) is 14. The molecule has 10 aromatic rings. The molecule has 0 saturated carbocycles. The van der Waals surface area contributed by atoms with Crippen molar-refractivity contribution in [2.75, 3.05) is 71.2 Å². The van der Waals surface area contributed by atoms with E-state index >= 15 is 0 Å². The summed E-state index contributed by atoms with van der Waals surface area (Å²) in [6.45, 7) is 6.18. The van der Waals surface area contributed by atoms with Gasteiger partial charge in [-0.25, -0.2) is 25.6 Å². The molecular weight excluding hydrogens is 1090 g/mol. The average molecular weight is 1150 g/mol. The Labute approximate surface area is 473 Å². The molecular formula is C62H60F2N6O10S2. The summed E-state index contributed by atoms with van der Waals surface area (Å²) in [6, 6.07) is 35.0. The van der Waals surface area contributed by atoms with Crippen molar-refractivity contribution in [3.63, 3.8) is 0 Å². The second-order valence-corrected chi connectivity index (χ2v) is 25.0. The van der Waals surface area contributed by atoms with E-state index in [0.717, 1.165) is 73.4 Å². The number of benzene rings is 6. The Bertz CT molecular complexity index is 3960. The lowest BCUT2D eigenvalue weighted by Gasteiger charge is -2.34. The van der Waals surface area contributed by atoms with Crippen LogP contribution in [0, 0.1) is 11.6 Å². The molecule has 0 radical (unpaired) electrons. The first-order valence-electron chi connectivity index (χ1n) is 27.2. The molecule has 12 rings (SSSR count). The molecule has 2 aliphatic heterocycles. The van der Waals surface area contributed by atoms with Gasteiger partial charge >= 0.3 is 0 Å². The van der Waals surface area contributed by atoms with Gasteiger partial charge in [-0.1, -0.05) is 38.1 Å². The van der Waals surface area contributed by atoms with Gasteiger partial charge in [-0.15, -0.1) is 0 Å². The first-order valence-corrected chi connectivity index (χ1v) is 30.9. The Kier molecular flexibility index (Phi) is 15.0. The SMILES string of the molecule is CCC(=O)c1c(-c2ccc(F)cc2)oc2cc(N(C)S(C)(=O)=O)c([C@@H]3CCCN(c4nc5ccccc5o4)C3)cc12.CCC(=O)c1c(-c2ccc(F)cc2)oc2cc(N(C)S(C)(=O)=O)c([C@H]3CCCN(c4nc5ccccc5o4)C3)cc12. The van der Waals surface area contributed by atoms with E-state index in [-0.39, 0.29) is 36.2 Å². The lowest BCUT2D eigenvalue weighted by Crippen LogP contribution is -2.35. The maximum Gasteiger partial charge on any atom is 0.298 e. The van der Waals surface area contributed by atoms with Crippen molar-refractivity contribution in [2.24, 2.45) is 0 Å². The number of ketones is 2. The summed E-state index contributed by atoms with van der Waals surface area (Å²) in [6.07, 6.45) is 6.12. The van der Waals surface area contributed by atoms with E-state index < -0.39 is 31.7 Å². The van der Waals surface area contributed by atoms with Gasteiger partial charge in [0.1, 0.15) is 45.4 Å². The quantitative estimate of drug-likeness (QED) is 0.0933. The van der Waals surface area contributed by atoms with Crippen LogP contribution in [0.25, 0.3) is 66.8 Å². The van der Waals surface area contributed by atoms with Crippen molar-refractivity contribution < 1.29 is 52.9 Å². The van der Waals surface area contributed by atoms with E-state index in [1.165, 1.54) is 47.0 Å². The molecule has 20 heteroatoms. The van der Waals surface area contributed by atoms with E-state index in [4.69, 9.17) is 17.7 Å². The number of piperidine rings is 2. The summed E-state index contributed by atoms with van der Waals surface area (Å²) in [7, 11) is -4.19. The number of furan rings is 2. The van der Waals surface area contributed by atoms with Crippen LogP contribution >= 0.6 is 0 Å². The molecule has 4 aromatic heterocycles. The summed E-state index contributed by atoms with van der Waals surface area (Å²) in [5.41, 5.74) is 8.27. The van der Waals surface area contributed by atoms with Crippen LogP contribution in [-0.4, -0.2) is 91.2 Å². The molecule has 6 heterocycles. The number of para-hydroxylation sites is 4. The highest BCUT2D eigenvalue weighted by Crippen LogP contribution is 2.45. The van der Waals surface area contributed by atoms with E-state index in [0.29, 0.717) is 103 Å². The first-order chi connectivity index (χ1) is 39.3. The second-order valence-electron chi connectivity index (χ2n) is 21.0. The lowest BCUT2D eigenvalue weighted by molar-refractivity contribution is 0.0981. The highest BCUT2D eigenvalue weighted by atomic mass is 32.2.